The molecule has 4 rings (SSSR count). The molecule has 0 aliphatic heterocycles. The van der Waals surface area contributed by atoms with Gasteiger partial charge in [0, 0.05) is 15.3 Å². The first-order chi connectivity index (χ1) is 14.9. The Balaban J connectivity index is 1.67. The van der Waals surface area contributed by atoms with Gasteiger partial charge in [0.2, 0.25) is 0 Å². The summed E-state index contributed by atoms with van der Waals surface area (Å²) in [7, 11) is 0. The van der Waals surface area contributed by atoms with Crippen LogP contribution in [0, 0.1) is 6.92 Å². The lowest BCUT2D eigenvalue weighted by molar-refractivity contribution is 0.468. The lowest BCUT2D eigenvalue weighted by Gasteiger charge is -2.13. The second-order valence-electron chi connectivity index (χ2n) is 7.37. The van der Waals surface area contributed by atoms with Crippen LogP contribution in [-0.4, -0.2) is 15.9 Å². The van der Waals surface area contributed by atoms with Crippen molar-refractivity contribution in [3.05, 3.63) is 86.6 Å². The van der Waals surface area contributed by atoms with E-state index in [-0.39, 0.29) is 11.5 Å². The molecule has 0 bridgehead atoms. The second-order valence-corrected chi connectivity index (χ2v) is 9.37. The minimum atomic E-state index is -0.196. The predicted molar refractivity (Wildman–Crippen MR) is 129 cm³/mol. The van der Waals surface area contributed by atoms with Crippen LogP contribution in [0.2, 0.25) is 0 Å². The molecule has 0 amide bonds. The summed E-state index contributed by atoms with van der Waals surface area (Å²) < 4.78 is 8.10. The van der Waals surface area contributed by atoms with Gasteiger partial charge < -0.3 is 4.42 Å². The smallest absolute Gasteiger partial charge is 0.282 e. The zero-order valence-corrected chi connectivity index (χ0v) is 19.9. The largest absolute Gasteiger partial charge is 0.448 e. The van der Waals surface area contributed by atoms with Crippen molar-refractivity contribution in [1.29, 1.82) is 0 Å². The van der Waals surface area contributed by atoms with Crippen LogP contribution in [-0.2, 0) is 0 Å². The Labute approximate surface area is 193 Å². The maximum atomic E-state index is 13.2. The number of aromatic nitrogens is 2. The number of fused-ring (bicyclic) bond motifs is 1. The molecule has 0 saturated carbocycles. The number of hydrogen-bond acceptors (Lipinski definition) is 5. The van der Waals surface area contributed by atoms with Crippen molar-refractivity contribution in [2.24, 2.45) is 5.10 Å². The fourth-order valence-electron chi connectivity index (χ4n) is 3.07. The van der Waals surface area contributed by atoms with E-state index in [2.05, 4.69) is 59.1 Å². The van der Waals surface area contributed by atoms with Crippen LogP contribution in [0.15, 0.2) is 83.4 Å². The van der Waals surface area contributed by atoms with Gasteiger partial charge in [-0.25, -0.2) is 4.98 Å². The molecule has 2 heterocycles. The third kappa shape index (κ3) is 4.83. The summed E-state index contributed by atoms with van der Waals surface area (Å²) in [6.07, 6.45) is 2.42. The van der Waals surface area contributed by atoms with E-state index in [4.69, 9.17) is 9.40 Å². The van der Waals surface area contributed by atoms with Crippen LogP contribution in [0.1, 0.15) is 43.3 Å². The number of nitrogens with zero attached hydrogens (tertiary/aromatic N) is 3. The molecule has 0 saturated heterocycles. The van der Waals surface area contributed by atoms with Gasteiger partial charge in [-0.3, -0.25) is 4.79 Å². The lowest BCUT2D eigenvalue weighted by atomic mass is 10.1. The standard InChI is InChI=1S/C24H22BrN3O2S/c1-4-16(3)23-27-21-11-7-17(25)13-20(21)24(29)28(23)26-14-18-8-12-22(30-18)31-19-9-5-15(2)6-10-19/h5-14,16H,4H2,1-3H3/t16-/m0/s1. The highest BCUT2D eigenvalue weighted by atomic mass is 79.9. The minimum absolute atomic E-state index is 0.0853. The fourth-order valence-corrected chi connectivity index (χ4v) is 4.21. The van der Waals surface area contributed by atoms with E-state index in [1.807, 2.05) is 31.2 Å². The van der Waals surface area contributed by atoms with Crippen molar-refractivity contribution in [3.8, 4) is 0 Å². The number of rotatable bonds is 6. The van der Waals surface area contributed by atoms with Crippen molar-refractivity contribution >= 4 is 44.8 Å². The van der Waals surface area contributed by atoms with E-state index >= 15 is 0 Å². The van der Waals surface area contributed by atoms with Gasteiger partial charge in [-0.2, -0.15) is 9.78 Å². The van der Waals surface area contributed by atoms with Crippen LogP contribution < -0.4 is 5.56 Å². The van der Waals surface area contributed by atoms with Crippen molar-refractivity contribution < 1.29 is 4.42 Å². The molecule has 7 heteroatoms. The highest BCUT2D eigenvalue weighted by Gasteiger charge is 2.15. The third-order valence-electron chi connectivity index (χ3n) is 5.03. The average Bonchev–Trinajstić information content (AvgIpc) is 3.21. The summed E-state index contributed by atoms with van der Waals surface area (Å²) in [5.74, 6) is 1.30. The lowest BCUT2D eigenvalue weighted by Crippen LogP contribution is -2.23. The van der Waals surface area contributed by atoms with Crippen molar-refractivity contribution in [3.63, 3.8) is 0 Å². The van der Waals surface area contributed by atoms with Gasteiger partial charge in [0.15, 0.2) is 5.09 Å². The minimum Gasteiger partial charge on any atom is -0.448 e. The molecule has 0 N–H and O–H groups in total. The normalized spacial score (nSPS) is 12.6. The third-order valence-corrected chi connectivity index (χ3v) is 6.45. The molecular formula is C24H22BrN3O2S. The summed E-state index contributed by atoms with van der Waals surface area (Å²) in [6.45, 7) is 6.17. The molecule has 2 aromatic carbocycles. The van der Waals surface area contributed by atoms with Crippen LogP contribution in [0.3, 0.4) is 0 Å². The topological polar surface area (TPSA) is 60.4 Å². The summed E-state index contributed by atoms with van der Waals surface area (Å²) in [4.78, 5) is 19.0. The van der Waals surface area contributed by atoms with Gasteiger partial charge in [-0.05, 0) is 55.8 Å². The first-order valence-electron chi connectivity index (χ1n) is 10.1. The van der Waals surface area contributed by atoms with Crippen LogP contribution in [0.25, 0.3) is 10.9 Å². The number of benzene rings is 2. The Morgan fingerprint density at radius 3 is 2.71 bits per heavy atom. The number of aryl methyl sites for hydroxylation is 1. The summed E-state index contributed by atoms with van der Waals surface area (Å²) in [5, 5.41) is 5.74. The maximum Gasteiger partial charge on any atom is 0.282 e. The molecule has 0 aliphatic rings. The molecule has 0 fully saturated rings. The summed E-state index contributed by atoms with van der Waals surface area (Å²) in [6, 6.07) is 17.5. The Kier molecular flexibility index (Phi) is 6.43. The van der Waals surface area contributed by atoms with Gasteiger partial charge in [0.1, 0.15) is 11.6 Å². The van der Waals surface area contributed by atoms with Crippen LogP contribution >= 0.6 is 27.7 Å². The first kappa shape index (κ1) is 21.6. The molecule has 2 aromatic heterocycles. The molecule has 0 aliphatic carbocycles. The molecule has 0 radical (unpaired) electrons. The fraction of sp³-hybridized carbons (Fsp3) is 0.208. The van der Waals surface area contributed by atoms with E-state index < -0.39 is 0 Å². The predicted octanol–water partition coefficient (Wildman–Crippen LogP) is 6.61. The number of hydrogen-bond donors (Lipinski definition) is 0. The monoisotopic (exact) mass is 495 g/mol. The van der Waals surface area contributed by atoms with E-state index in [9.17, 15) is 4.79 Å². The Bertz CT molecular complexity index is 1310. The number of furan rings is 1. The average molecular weight is 496 g/mol. The SMILES string of the molecule is CC[C@H](C)c1nc2ccc(Br)cc2c(=O)n1N=Cc1ccc(Sc2ccc(C)cc2)o1. The van der Waals surface area contributed by atoms with E-state index in [1.165, 1.54) is 10.2 Å². The second kappa shape index (κ2) is 9.24. The highest BCUT2D eigenvalue weighted by Crippen LogP contribution is 2.29. The van der Waals surface area contributed by atoms with E-state index in [0.29, 0.717) is 22.5 Å². The maximum absolute atomic E-state index is 13.2. The first-order valence-corrected chi connectivity index (χ1v) is 11.7. The van der Waals surface area contributed by atoms with Crippen molar-refractivity contribution in [1.82, 2.24) is 9.66 Å². The zero-order chi connectivity index (χ0) is 22.0. The number of halogens is 1. The van der Waals surface area contributed by atoms with Crippen molar-refractivity contribution in [2.75, 3.05) is 0 Å². The molecule has 158 valence electrons. The Morgan fingerprint density at radius 2 is 1.97 bits per heavy atom. The highest BCUT2D eigenvalue weighted by molar-refractivity contribution is 9.10. The van der Waals surface area contributed by atoms with Gasteiger partial charge >= 0.3 is 0 Å². The van der Waals surface area contributed by atoms with Crippen molar-refractivity contribution in [2.45, 2.75) is 43.1 Å². The summed E-state index contributed by atoms with van der Waals surface area (Å²) in [5.41, 5.74) is 1.69. The van der Waals surface area contributed by atoms with E-state index in [0.717, 1.165) is 20.9 Å². The molecule has 5 nitrogen and oxygen atoms in total. The molecule has 1 atom stereocenters. The molecule has 4 aromatic rings. The van der Waals surface area contributed by atoms with Crippen LogP contribution in [0.4, 0.5) is 0 Å². The van der Waals surface area contributed by atoms with Gasteiger partial charge in [0.05, 0.1) is 17.1 Å². The Morgan fingerprint density at radius 1 is 1.19 bits per heavy atom. The molecule has 31 heavy (non-hydrogen) atoms. The molecule has 0 spiro atoms. The Hall–Kier alpha value is -2.64. The van der Waals surface area contributed by atoms with Gasteiger partial charge in [-0.15, -0.1) is 0 Å². The molecular weight excluding hydrogens is 474 g/mol. The van der Waals surface area contributed by atoms with Gasteiger partial charge in [-0.1, -0.05) is 59.2 Å². The summed E-state index contributed by atoms with van der Waals surface area (Å²) >= 11 is 4.97. The van der Waals surface area contributed by atoms with E-state index in [1.54, 1.807) is 24.0 Å². The van der Waals surface area contributed by atoms with Gasteiger partial charge in [0.25, 0.3) is 5.56 Å². The molecule has 0 unspecified atom stereocenters. The van der Waals surface area contributed by atoms with Crippen LogP contribution in [0.5, 0.6) is 0 Å². The zero-order valence-electron chi connectivity index (χ0n) is 17.5. The quantitative estimate of drug-likeness (QED) is 0.282.